The van der Waals surface area contributed by atoms with Crippen molar-refractivity contribution in [1.29, 1.82) is 0 Å². The van der Waals surface area contributed by atoms with E-state index in [2.05, 4.69) is 17.2 Å². The highest BCUT2D eigenvalue weighted by Gasteiger charge is 2.10. The van der Waals surface area contributed by atoms with Gasteiger partial charge in [0.15, 0.2) is 0 Å². The van der Waals surface area contributed by atoms with E-state index >= 15 is 0 Å². The first-order valence-electron chi connectivity index (χ1n) is 6.31. The standard InChI is InChI=1S/C15H15NO3S2/c1-19-12-8-13(21-10-12)15(18)16-9-14-11(5-7-20-14)4-2-3-6-17/h5,7-8,10,17H,3,6,9H2,1H3,(H,16,18). The molecule has 110 valence electrons. The Bertz CT molecular complexity index is 664. The van der Waals surface area contributed by atoms with E-state index in [0.717, 1.165) is 10.4 Å². The van der Waals surface area contributed by atoms with Gasteiger partial charge in [0.25, 0.3) is 5.91 Å². The molecule has 0 saturated carbocycles. The monoisotopic (exact) mass is 321 g/mol. The summed E-state index contributed by atoms with van der Waals surface area (Å²) in [6.45, 7) is 0.503. The molecule has 4 nitrogen and oxygen atoms in total. The average Bonchev–Trinajstić information content (AvgIpc) is 3.14. The third-order valence-electron chi connectivity index (χ3n) is 2.65. The number of aliphatic hydroxyl groups excluding tert-OH is 1. The number of amides is 1. The Kier molecular flexibility index (Phi) is 5.81. The Hall–Kier alpha value is -1.81. The van der Waals surface area contributed by atoms with Gasteiger partial charge in [-0.2, -0.15) is 0 Å². The maximum Gasteiger partial charge on any atom is 0.261 e. The molecular weight excluding hydrogens is 306 g/mol. The third kappa shape index (κ3) is 4.33. The summed E-state index contributed by atoms with van der Waals surface area (Å²) in [6, 6.07) is 3.64. The molecule has 0 aromatic carbocycles. The zero-order valence-corrected chi connectivity index (χ0v) is 13.1. The summed E-state index contributed by atoms with van der Waals surface area (Å²) in [5.41, 5.74) is 0.900. The first kappa shape index (κ1) is 15.6. The van der Waals surface area contributed by atoms with Gasteiger partial charge in [0.1, 0.15) is 5.75 Å². The minimum absolute atomic E-state index is 0.0589. The van der Waals surface area contributed by atoms with Crippen LogP contribution in [-0.2, 0) is 6.54 Å². The minimum Gasteiger partial charge on any atom is -0.496 e. The van der Waals surface area contributed by atoms with Crippen LogP contribution in [0.4, 0.5) is 0 Å². The highest BCUT2D eigenvalue weighted by molar-refractivity contribution is 7.12. The van der Waals surface area contributed by atoms with E-state index in [1.54, 1.807) is 29.9 Å². The zero-order chi connectivity index (χ0) is 15.1. The van der Waals surface area contributed by atoms with E-state index in [-0.39, 0.29) is 12.5 Å². The predicted molar refractivity (Wildman–Crippen MR) is 84.9 cm³/mol. The summed E-state index contributed by atoms with van der Waals surface area (Å²) >= 11 is 2.90. The number of aliphatic hydroxyl groups is 1. The van der Waals surface area contributed by atoms with Gasteiger partial charge in [-0.15, -0.1) is 22.7 Å². The average molecular weight is 321 g/mol. The maximum atomic E-state index is 12.0. The van der Waals surface area contributed by atoms with Crippen LogP contribution in [0.5, 0.6) is 5.75 Å². The van der Waals surface area contributed by atoms with Crippen LogP contribution < -0.4 is 10.1 Å². The van der Waals surface area contributed by atoms with E-state index < -0.39 is 0 Å². The molecule has 0 saturated heterocycles. The predicted octanol–water partition coefficient (Wildman–Crippen LogP) is 2.48. The van der Waals surface area contributed by atoms with E-state index in [9.17, 15) is 4.79 Å². The van der Waals surface area contributed by atoms with Crippen LogP contribution in [0.25, 0.3) is 0 Å². The lowest BCUT2D eigenvalue weighted by atomic mass is 10.2. The van der Waals surface area contributed by atoms with Gasteiger partial charge in [0.05, 0.1) is 25.1 Å². The number of carbonyl (C=O) groups excluding carboxylic acids is 1. The fourth-order valence-electron chi connectivity index (χ4n) is 1.60. The highest BCUT2D eigenvalue weighted by Crippen LogP contribution is 2.21. The Morgan fingerprint density at radius 2 is 2.33 bits per heavy atom. The second kappa shape index (κ2) is 7.84. The molecule has 2 N–H and O–H groups in total. The fraction of sp³-hybridized carbons (Fsp3) is 0.267. The molecule has 2 aromatic heterocycles. The summed E-state index contributed by atoms with van der Waals surface area (Å²) in [7, 11) is 1.58. The van der Waals surface area contributed by atoms with Crippen LogP contribution in [0, 0.1) is 11.8 Å². The van der Waals surface area contributed by atoms with Gasteiger partial charge < -0.3 is 15.2 Å². The number of rotatable bonds is 5. The number of methoxy groups -OCH3 is 1. The highest BCUT2D eigenvalue weighted by atomic mass is 32.1. The molecule has 2 rings (SSSR count). The topological polar surface area (TPSA) is 58.6 Å². The van der Waals surface area contributed by atoms with Crippen molar-refractivity contribution in [2.24, 2.45) is 0 Å². The zero-order valence-electron chi connectivity index (χ0n) is 11.5. The molecular formula is C15H15NO3S2. The SMILES string of the molecule is COc1csc(C(=O)NCc2sccc2C#CCCO)c1. The first-order valence-corrected chi connectivity index (χ1v) is 8.07. The van der Waals surface area contributed by atoms with Gasteiger partial charge in [-0.1, -0.05) is 11.8 Å². The molecule has 21 heavy (non-hydrogen) atoms. The number of ether oxygens (including phenoxy) is 1. The third-order valence-corrected chi connectivity index (χ3v) is 4.48. The summed E-state index contributed by atoms with van der Waals surface area (Å²) in [4.78, 5) is 13.7. The van der Waals surface area contributed by atoms with E-state index in [1.165, 1.54) is 11.3 Å². The maximum absolute atomic E-state index is 12.0. The Labute approximate surface area is 131 Å². The molecule has 0 bridgehead atoms. The number of carbonyl (C=O) groups is 1. The lowest BCUT2D eigenvalue weighted by molar-refractivity contribution is 0.0955. The number of nitrogens with one attached hydrogen (secondary N) is 1. The largest absolute Gasteiger partial charge is 0.496 e. The van der Waals surface area contributed by atoms with E-state index in [1.807, 2.05) is 11.4 Å². The van der Waals surface area contributed by atoms with Crippen molar-refractivity contribution in [3.8, 4) is 17.6 Å². The van der Waals surface area contributed by atoms with Crippen molar-refractivity contribution in [2.45, 2.75) is 13.0 Å². The fourth-order valence-corrected chi connectivity index (χ4v) is 3.14. The summed E-state index contributed by atoms with van der Waals surface area (Å²) in [5, 5.41) is 15.3. The van der Waals surface area contributed by atoms with Gasteiger partial charge in [-0.05, 0) is 11.4 Å². The summed E-state index contributed by atoms with van der Waals surface area (Å²) < 4.78 is 5.06. The van der Waals surface area contributed by atoms with Crippen LogP contribution in [0.3, 0.4) is 0 Å². The molecule has 2 aromatic rings. The molecule has 0 atom stereocenters. The van der Waals surface area contributed by atoms with Gasteiger partial charge in [-0.25, -0.2) is 0 Å². The second-order valence-corrected chi connectivity index (χ2v) is 5.98. The normalized spacial score (nSPS) is 9.81. The molecule has 0 aliphatic heterocycles. The van der Waals surface area contributed by atoms with Gasteiger partial charge in [0, 0.05) is 28.3 Å². The van der Waals surface area contributed by atoms with Crippen LogP contribution >= 0.6 is 22.7 Å². The van der Waals surface area contributed by atoms with Crippen molar-refractivity contribution in [2.75, 3.05) is 13.7 Å². The van der Waals surface area contributed by atoms with Crippen LogP contribution in [-0.4, -0.2) is 24.7 Å². The smallest absolute Gasteiger partial charge is 0.261 e. The number of thiophene rings is 2. The lowest BCUT2D eigenvalue weighted by Crippen LogP contribution is -2.21. The molecule has 6 heteroatoms. The molecule has 1 amide bonds. The second-order valence-electron chi connectivity index (χ2n) is 4.07. The van der Waals surface area contributed by atoms with Crippen molar-refractivity contribution < 1.29 is 14.6 Å². The lowest BCUT2D eigenvalue weighted by Gasteiger charge is -2.02. The molecule has 0 aliphatic rings. The summed E-state index contributed by atoms with van der Waals surface area (Å²) in [5.74, 6) is 6.46. The molecule has 2 heterocycles. The first-order chi connectivity index (χ1) is 10.2. The van der Waals surface area contributed by atoms with E-state index in [0.29, 0.717) is 23.6 Å². The number of hydrogen-bond donors (Lipinski definition) is 2. The Morgan fingerprint density at radius 3 is 3.05 bits per heavy atom. The molecule has 0 radical (unpaired) electrons. The van der Waals surface area contributed by atoms with Gasteiger partial charge in [0.2, 0.25) is 0 Å². The van der Waals surface area contributed by atoms with Crippen LogP contribution in [0.2, 0.25) is 0 Å². The van der Waals surface area contributed by atoms with Crippen LogP contribution in [0.1, 0.15) is 26.5 Å². The van der Waals surface area contributed by atoms with Crippen molar-refractivity contribution in [3.63, 3.8) is 0 Å². The van der Waals surface area contributed by atoms with Crippen molar-refractivity contribution in [3.05, 3.63) is 38.2 Å². The quantitative estimate of drug-likeness (QED) is 0.832. The molecule has 0 spiro atoms. The van der Waals surface area contributed by atoms with Crippen molar-refractivity contribution in [1.82, 2.24) is 5.32 Å². The van der Waals surface area contributed by atoms with Gasteiger partial charge >= 0.3 is 0 Å². The Morgan fingerprint density at radius 1 is 1.48 bits per heavy atom. The van der Waals surface area contributed by atoms with E-state index in [4.69, 9.17) is 9.84 Å². The minimum atomic E-state index is -0.119. The number of hydrogen-bond acceptors (Lipinski definition) is 5. The summed E-state index contributed by atoms with van der Waals surface area (Å²) in [6.07, 6.45) is 0.455. The molecule has 0 unspecified atom stereocenters. The van der Waals surface area contributed by atoms with Crippen LogP contribution in [0.15, 0.2) is 22.9 Å². The Balaban J connectivity index is 1.96. The molecule has 0 fully saturated rings. The molecule has 0 aliphatic carbocycles. The van der Waals surface area contributed by atoms with Gasteiger partial charge in [-0.3, -0.25) is 4.79 Å². The van der Waals surface area contributed by atoms with Crippen molar-refractivity contribution >= 4 is 28.6 Å².